The molecule has 0 aliphatic rings. The first kappa shape index (κ1) is 17.1. The lowest BCUT2D eigenvalue weighted by molar-refractivity contribution is 0.199. The van der Waals surface area contributed by atoms with Crippen molar-refractivity contribution in [1.82, 2.24) is 9.55 Å². The standard InChI is InChI=1S/C17H16ClFN2O2S/c1-23-9-6-14-20-16-15(17(22)21(14)8-7-19)13(10-24-16)11-2-4-12(18)5-3-11/h2-5,10H,6-9H2,1H3. The van der Waals surface area contributed by atoms with Crippen molar-refractivity contribution in [2.75, 3.05) is 20.4 Å². The molecular weight excluding hydrogens is 351 g/mol. The van der Waals surface area contributed by atoms with E-state index in [1.54, 1.807) is 19.2 Å². The largest absolute Gasteiger partial charge is 0.384 e. The van der Waals surface area contributed by atoms with Crippen molar-refractivity contribution >= 4 is 33.2 Å². The van der Waals surface area contributed by atoms with Crippen LogP contribution < -0.4 is 5.56 Å². The molecule has 1 aromatic carbocycles. The molecule has 0 aliphatic carbocycles. The molecule has 0 aliphatic heterocycles. The molecule has 3 rings (SSSR count). The Morgan fingerprint density at radius 2 is 2.08 bits per heavy atom. The number of halogens is 2. The second kappa shape index (κ2) is 7.42. The third-order valence-corrected chi connectivity index (χ3v) is 4.89. The molecule has 0 unspecified atom stereocenters. The molecule has 0 amide bonds. The number of benzene rings is 1. The molecule has 0 atom stereocenters. The molecule has 0 radical (unpaired) electrons. The fourth-order valence-corrected chi connectivity index (χ4v) is 3.69. The van der Waals surface area contributed by atoms with Crippen molar-refractivity contribution < 1.29 is 9.13 Å². The van der Waals surface area contributed by atoms with Crippen LogP contribution in [0, 0.1) is 0 Å². The van der Waals surface area contributed by atoms with Crippen molar-refractivity contribution in [1.29, 1.82) is 0 Å². The highest BCUT2D eigenvalue weighted by molar-refractivity contribution is 7.17. The van der Waals surface area contributed by atoms with Crippen LogP contribution in [0.25, 0.3) is 21.3 Å². The van der Waals surface area contributed by atoms with Crippen LogP contribution in [0.1, 0.15) is 5.82 Å². The molecule has 2 heterocycles. The average molecular weight is 367 g/mol. The van der Waals surface area contributed by atoms with Gasteiger partial charge < -0.3 is 4.74 Å². The van der Waals surface area contributed by atoms with Gasteiger partial charge in [0.1, 0.15) is 17.3 Å². The summed E-state index contributed by atoms with van der Waals surface area (Å²) in [6.07, 6.45) is 0.468. The number of fused-ring (bicyclic) bond motifs is 1. The van der Waals surface area contributed by atoms with Gasteiger partial charge in [0.15, 0.2) is 0 Å². The Balaban J connectivity index is 2.19. The van der Waals surface area contributed by atoms with Gasteiger partial charge in [-0.15, -0.1) is 11.3 Å². The van der Waals surface area contributed by atoms with Crippen molar-refractivity contribution in [2.45, 2.75) is 13.0 Å². The monoisotopic (exact) mass is 366 g/mol. The van der Waals surface area contributed by atoms with Gasteiger partial charge in [-0.25, -0.2) is 9.37 Å². The summed E-state index contributed by atoms with van der Waals surface area (Å²) in [7, 11) is 1.58. The Kier molecular flexibility index (Phi) is 5.28. The van der Waals surface area contributed by atoms with Crippen molar-refractivity contribution in [3.05, 3.63) is 50.8 Å². The summed E-state index contributed by atoms with van der Waals surface area (Å²) in [4.78, 5) is 18.1. The zero-order chi connectivity index (χ0) is 17.1. The van der Waals surface area contributed by atoms with Crippen LogP contribution in [-0.4, -0.2) is 29.9 Å². The third kappa shape index (κ3) is 3.22. The maximum Gasteiger partial charge on any atom is 0.262 e. The molecule has 0 saturated heterocycles. The number of methoxy groups -OCH3 is 1. The van der Waals surface area contributed by atoms with Crippen LogP contribution in [-0.2, 0) is 17.7 Å². The summed E-state index contributed by atoms with van der Waals surface area (Å²) >= 11 is 7.34. The van der Waals surface area contributed by atoms with E-state index in [9.17, 15) is 9.18 Å². The number of hydrogen-bond acceptors (Lipinski definition) is 4. The van der Waals surface area contributed by atoms with Crippen molar-refractivity contribution in [3.63, 3.8) is 0 Å². The Morgan fingerprint density at radius 1 is 1.33 bits per heavy atom. The SMILES string of the molecule is COCCc1nc2scc(-c3ccc(Cl)cc3)c2c(=O)n1CCF. The lowest BCUT2D eigenvalue weighted by Gasteiger charge is -2.11. The number of ether oxygens (including phenoxy) is 1. The van der Waals surface area contributed by atoms with Crippen LogP contribution in [0.15, 0.2) is 34.4 Å². The summed E-state index contributed by atoms with van der Waals surface area (Å²) in [6.45, 7) is -0.191. The van der Waals surface area contributed by atoms with Crippen LogP contribution in [0.4, 0.5) is 4.39 Å². The fourth-order valence-electron chi connectivity index (χ4n) is 2.61. The van der Waals surface area contributed by atoms with E-state index in [2.05, 4.69) is 4.98 Å². The fraction of sp³-hybridized carbons (Fsp3) is 0.294. The van der Waals surface area contributed by atoms with Gasteiger partial charge in [-0.1, -0.05) is 23.7 Å². The minimum absolute atomic E-state index is 0.00325. The maximum atomic E-state index is 12.9. The van der Waals surface area contributed by atoms with Crippen LogP contribution >= 0.6 is 22.9 Å². The van der Waals surface area contributed by atoms with E-state index in [0.717, 1.165) is 11.1 Å². The molecule has 2 aromatic heterocycles. The van der Waals surface area contributed by atoms with E-state index in [4.69, 9.17) is 16.3 Å². The second-order valence-corrected chi connectivity index (χ2v) is 6.55. The van der Waals surface area contributed by atoms with Gasteiger partial charge in [-0.05, 0) is 17.7 Å². The van der Waals surface area contributed by atoms with Gasteiger partial charge in [0.05, 0.1) is 18.5 Å². The number of hydrogen-bond donors (Lipinski definition) is 0. The highest BCUT2D eigenvalue weighted by atomic mass is 35.5. The number of alkyl halides is 1. The average Bonchev–Trinajstić information content (AvgIpc) is 3.00. The molecule has 0 bridgehead atoms. The van der Waals surface area contributed by atoms with Gasteiger partial charge in [-0.2, -0.15) is 0 Å². The Labute approximate surface area is 147 Å². The van der Waals surface area contributed by atoms with E-state index in [1.165, 1.54) is 15.9 Å². The van der Waals surface area contributed by atoms with E-state index in [-0.39, 0.29) is 12.1 Å². The quantitative estimate of drug-likeness (QED) is 0.663. The normalized spacial score (nSPS) is 11.3. The van der Waals surface area contributed by atoms with E-state index >= 15 is 0 Å². The highest BCUT2D eigenvalue weighted by Gasteiger charge is 2.16. The molecule has 3 aromatic rings. The maximum absolute atomic E-state index is 12.9. The van der Waals surface area contributed by atoms with Gasteiger partial charge in [0, 0.05) is 29.5 Å². The summed E-state index contributed by atoms with van der Waals surface area (Å²) in [5.41, 5.74) is 1.48. The minimum Gasteiger partial charge on any atom is -0.384 e. The smallest absolute Gasteiger partial charge is 0.262 e. The van der Waals surface area contributed by atoms with Gasteiger partial charge in [0.2, 0.25) is 0 Å². The molecule has 0 fully saturated rings. The van der Waals surface area contributed by atoms with Gasteiger partial charge in [-0.3, -0.25) is 9.36 Å². The van der Waals surface area contributed by atoms with Crippen molar-refractivity contribution in [3.8, 4) is 11.1 Å². The first-order valence-electron chi connectivity index (χ1n) is 7.47. The number of thiophene rings is 1. The lowest BCUT2D eigenvalue weighted by atomic mass is 10.1. The number of nitrogens with zero attached hydrogens (tertiary/aromatic N) is 2. The zero-order valence-corrected chi connectivity index (χ0v) is 14.7. The molecule has 126 valence electrons. The predicted molar refractivity (Wildman–Crippen MR) is 95.9 cm³/mol. The van der Waals surface area contributed by atoms with Crippen molar-refractivity contribution in [2.24, 2.45) is 0 Å². The summed E-state index contributed by atoms with van der Waals surface area (Å²) < 4.78 is 19.4. The molecule has 7 heteroatoms. The Hall–Kier alpha value is -1.76. The van der Waals surface area contributed by atoms with Crippen LogP contribution in [0.2, 0.25) is 5.02 Å². The molecular formula is C17H16ClFN2O2S. The molecule has 0 saturated carbocycles. The summed E-state index contributed by atoms with van der Waals surface area (Å²) in [6, 6.07) is 7.28. The van der Waals surface area contributed by atoms with Crippen LogP contribution in [0.5, 0.6) is 0 Å². The third-order valence-electron chi connectivity index (χ3n) is 3.77. The van der Waals surface area contributed by atoms with E-state index < -0.39 is 6.67 Å². The molecule has 4 nitrogen and oxygen atoms in total. The van der Waals surface area contributed by atoms with Crippen LogP contribution in [0.3, 0.4) is 0 Å². The summed E-state index contributed by atoms with van der Waals surface area (Å²) in [5, 5.41) is 3.06. The summed E-state index contributed by atoms with van der Waals surface area (Å²) in [5.74, 6) is 0.552. The van der Waals surface area contributed by atoms with E-state index in [0.29, 0.717) is 34.1 Å². The first-order chi connectivity index (χ1) is 11.7. The molecule has 24 heavy (non-hydrogen) atoms. The van der Waals surface area contributed by atoms with E-state index in [1.807, 2.05) is 17.5 Å². The zero-order valence-electron chi connectivity index (χ0n) is 13.1. The van der Waals surface area contributed by atoms with Gasteiger partial charge >= 0.3 is 0 Å². The topological polar surface area (TPSA) is 44.1 Å². The Bertz CT molecular complexity index is 905. The molecule has 0 spiro atoms. The predicted octanol–water partition coefficient (Wildman–Crippen LogP) is 3.94. The first-order valence-corrected chi connectivity index (χ1v) is 8.73. The number of aromatic nitrogens is 2. The lowest BCUT2D eigenvalue weighted by Crippen LogP contribution is -2.26. The molecule has 0 N–H and O–H groups in total. The Morgan fingerprint density at radius 3 is 2.75 bits per heavy atom. The minimum atomic E-state index is -0.618. The highest BCUT2D eigenvalue weighted by Crippen LogP contribution is 2.31. The second-order valence-electron chi connectivity index (χ2n) is 5.25. The number of rotatable bonds is 6. The van der Waals surface area contributed by atoms with Gasteiger partial charge in [0.25, 0.3) is 5.56 Å².